The zero-order chi connectivity index (χ0) is 12.4. The monoisotopic (exact) mass is 295 g/mol. The summed E-state index contributed by atoms with van der Waals surface area (Å²) in [6, 6.07) is 9.66. The van der Waals surface area contributed by atoms with E-state index in [0.717, 1.165) is 10.0 Å². The molecule has 0 saturated heterocycles. The van der Waals surface area contributed by atoms with Crippen LogP contribution in [-0.2, 0) is 0 Å². The number of hydrogen-bond acceptors (Lipinski definition) is 2. The van der Waals surface area contributed by atoms with Crippen LogP contribution in [0.3, 0.4) is 0 Å². The lowest BCUT2D eigenvalue weighted by molar-refractivity contribution is 0.482. The maximum Gasteiger partial charge on any atom is 0.150 e. The lowest BCUT2D eigenvalue weighted by atomic mass is 10.2. The van der Waals surface area contributed by atoms with Crippen LogP contribution in [0.15, 0.2) is 40.9 Å². The normalized spacial score (nSPS) is 10.3. The van der Waals surface area contributed by atoms with Crippen LogP contribution in [0.1, 0.15) is 5.56 Å². The third kappa shape index (κ3) is 2.77. The number of nitrogens with two attached hydrogens (primary N) is 1. The Hall–Kier alpha value is -1.55. The molecule has 0 atom stereocenters. The number of rotatable bonds is 2. The molecular weight excluding hydrogens is 285 g/mol. The van der Waals surface area contributed by atoms with E-state index in [2.05, 4.69) is 15.9 Å². The summed E-state index contributed by atoms with van der Waals surface area (Å²) in [5.41, 5.74) is 7.00. The van der Waals surface area contributed by atoms with Crippen molar-refractivity contribution in [3.8, 4) is 11.5 Å². The van der Waals surface area contributed by atoms with Crippen LogP contribution in [0, 0.1) is 12.7 Å². The molecule has 0 fully saturated rings. The largest absolute Gasteiger partial charge is 0.455 e. The predicted molar refractivity (Wildman–Crippen MR) is 69.8 cm³/mol. The van der Waals surface area contributed by atoms with Gasteiger partial charge in [0.05, 0.1) is 5.69 Å². The van der Waals surface area contributed by atoms with Crippen molar-refractivity contribution in [1.82, 2.24) is 0 Å². The minimum Gasteiger partial charge on any atom is -0.455 e. The quantitative estimate of drug-likeness (QED) is 0.840. The first-order valence-electron chi connectivity index (χ1n) is 5.05. The average molecular weight is 296 g/mol. The summed E-state index contributed by atoms with van der Waals surface area (Å²) in [5.74, 6) is 0.749. The van der Waals surface area contributed by atoms with E-state index in [0.29, 0.717) is 11.5 Å². The SMILES string of the molecule is Cc1cc(Oc2ccc(F)cc2N)ccc1Br. The van der Waals surface area contributed by atoms with E-state index in [1.165, 1.54) is 18.2 Å². The fraction of sp³-hybridized carbons (Fsp3) is 0.0769. The molecule has 4 heteroatoms. The molecule has 0 radical (unpaired) electrons. The molecule has 0 spiro atoms. The highest BCUT2D eigenvalue weighted by molar-refractivity contribution is 9.10. The molecule has 2 N–H and O–H groups in total. The second-order valence-electron chi connectivity index (χ2n) is 3.70. The molecule has 0 unspecified atom stereocenters. The van der Waals surface area contributed by atoms with Crippen molar-refractivity contribution in [3.05, 3.63) is 52.3 Å². The molecule has 0 heterocycles. The summed E-state index contributed by atoms with van der Waals surface area (Å²) < 4.78 is 19.5. The summed E-state index contributed by atoms with van der Waals surface area (Å²) in [6.45, 7) is 1.96. The molecule has 0 aliphatic heterocycles. The van der Waals surface area contributed by atoms with Crippen molar-refractivity contribution >= 4 is 21.6 Å². The Kier molecular flexibility index (Phi) is 3.33. The highest BCUT2D eigenvalue weighted by atomic mass is 79.9. The van der Waals surface area contributed by atoms with Crippen LogP contribution in [0.2, 0.25) is 0 Å². The van der Waals surface area contributed by atoms with Crippen LogP contribution in [0.4, 0.5) is 10.1 Å². The molecule has 2 aromatic carbocycles. The van der Waals surface area contributed by atoms with Crippen LogP contribution in [0.5, 0.6) is 11.5 Å². The topological polar surface area (TPSA) is 35.2 Å². The Labute approximate surface area is 107 Å². The number of hydrogen-bond donors (Lipinski definition) is 1. The number of anilines is 1. The molecule has 2 nitrogen and oxygen atoms in total. The van der Waals surface area contributed by atoms with Gasteiger partial charge in [-0.25, -0.2) is 4.39 Å². The van der Waals surface area contributed by atoms with Crippen molar-refractivity contribution in [1.29, 1.82) is 0 Å². The third-order valence-electron chi connectivity index (χ3n) is 2.33. The Morgan fingerprint density at radius 1 is 1.18 bits per heavy atom. The lowest BCUT2D eigenvalue weighted by Gasteiger charge is -2.09. The molecule has 0 aliphatic carbocycles. The van der Waals surface area contributed by atoms with Gasteiger partial charge in [0.15, 0.2) is 5.75 Å². The fourth-order valence-corrected chi connectivity index (χ4v) is 1.67. The molecule has 17 heavy (non-hydrogen) atoms. The highest BCUT2D eigenvalue weighted by Gasteiger charge is 2.04. The summed E-state index contributed by atoms with van der Waals surface area (Å²) >= 11 is 3.41. The van der Waals surface area contributed by atoms with Gasteiger partial charge in [-0.05, 0) is 42.8 Å². The maximum atomic E-state index is 12.9. The van der Waals surface area contributed by atoms with Gasteiger partial charge in [0.1, 0.15) is 11.6 Å². The van der Waals surface area contributed by atoms with Crippen molar-refractivity contribution in [2.24, 2.45) is 0 Å². The Bertz CT molecular complexity index is 557. The van der Waals surface area contributed by atoms with Gasteiger partial charge in [-0.2, -0.15) is 0 Å². The minimum absolute atomic E-state index is 0.283. The van der Waals surface area contributed by atoms with Crippen LogP contribution < -0.4 is 10.5 Å². The second kappa shape index (κ2) is 4.75. The van der Waals surface area contributed by atoms with Gasteiger partial charge in [0.2, 0.25) is 0 Å². The first kappa shape index (κ1) is 11.9. The molecule has 88 valence electrons. The van der Waals surface area contributed by atoms with E-state index < -0.39 is 0 Å². The zero-order valence-corrected chi connectivity index (χ0v) is 10.8. The third-order valence-corrected chi connectivity index (χ3v) is 3.22. The molecule has 0 bridgehead atoms. The minimum atomic E-state index is -0.373. The lowest BCUT2D eigenvalue weighted by Crippen LogP contribution is -1.93. The van der Waals surface area contributed by atoms with E-state index in [9.17, 15) is 4.39 Å². The van der Waals surface area contributed by atoms with Crippen LogP contribution >= 0.6 is 15.9 Å². The van der Waals surface area contributed by atoms with Crippen molar-refractivity contribution < 1.29 is 9.13 Å². The molecule has 0 saturated carbocycles. The average Bonchev–Trinajstić information content (AvgIpc) is 2.27. The molecule has 0 aliphatic rings. The van der Waals surface area contributed by atoms with E-state index in [1.807, 2.05) is 25.1 Å². The van der Waals surface area contributed by atoms with E-state index in [-0.39, 0.29) is 11.5 Å². The molecule has 2 aromatic rings. The molecular formula is C13H11BrFNO. The number of aryl methyl sites for hydroxylation is 1. The zero-order valence-electron chi connectivity index (χ0n) is 9.21. The Balaban J connectivity index is 2.28. The van der Waals surface area contributed by atoms with Gasteiger partial charge in [-0.1, -0.05) is 15.9 Å². The standard InChI is InChI=1S/C13H11BrFNO/c1-8-6-10(3-4-11(8)14)17-13-5-2-9(15)7-12(13)16/h2-7H,16H2,1H3. The van der Waals surface area contributed by atoms with Gasteiger partial charge in [-0.15, -0.1) is 0 Å². The van der Waals surface area contributed by atoms with Gasteiger partial charge >= 0.3 is 0 Å². The highest BCUT2D eigenvalue weighted by Crippen LogP contribution is 2.30. The van der Waals surface area contributed by atoms with Gasteiger partial charge in [-0.3, -0.25) is 0 Å². The van der Waals surface area contributed by atoms with Crippen molar-refractivity contribution in [2.45, 2.75) is 6.92 Å². The molecule has 0 amide bonds. The van der Waals surface area contributed by atoms with E-state index >= 15 is 0 Å². The predicted octanol–water partition coefficient (Wildman–Crippen LogP) is 4.27. The molecule has 0 aromatic heterocycles. The Morgan fingerprint density at radius 2 is 1.94 bits per heavy atom. The van der Waals surface area contributed by atoms with Crippen molar-refractivity contribution in [2.75, 3.05) is 5.73 Å². The van der Waals surface area contributed by atoms with E-state index in [4.69, 9.17) is 10.5 Å². The van der Waals surface area contributed by atoms with Crippen LogP contribution in [0.25, 0.3) is 0 Å². The van der Waals surface area contributed by atoms with Gasteiger partial charge < -0.3 is 10.5 Å². The van der Waals surface area contributed by atoms with E-state index in [1.54, 1.807) is 0 Å². The summed E-state index contributed by atoms with van der Waals surface area (Å²) in [7, 11) is 0. The second-order valence-corrected chi connectivity index (χ2v) is 4.55. The Morgan fingerprint density at radius 3 is 2.59 bits per heavy atom. The number of benzene rings is 2. The van der Waals surface area contributed by atoms with Gasteiger partial charge in [0.25, 0.3) is 0 Å². The number of halogens is 2. The van der Waals surface area contributed by atoms with Gasteiger partial charge in [0, 0.05) is 10.5 Å². The van der Waals surface area contributed by atoms with Crippen LogP contribution in [-0.4, -0.2) is 0 Å². The number of ether oxygens (including phenoxy) is 1. The molecule has 2 rings (SSSR count). The first-order valence-corrected chi connectivity index (χ1v) is 5.84. The number of nitrogen functional groups attached to an aromatic ring is 1. The smallest absolute Gasteiger partial charge is 0.150 e. The summed E-state index contributed by atoms with van der Waals surface area (Å²) in [4.78, 5) is 0. The summed E-state index contributed by atoms with van der Waals surface area (Å²) in [6.07, 6.45) is 0. The maximum absolute atomic E-state index is 12.9. The first-order chi connectivity index (χ1) is 8.06. The van der Waals surface area contributed by atoms with Crippen molar-refractivity contribution in [3.63, 3.8) is 0 Å². The fourth-order valence-electron chi connectivity index (χ4n) is 1.42. The summed E-state index contributed by atoms with van der Waals surface area (Å²) in [5, 5.41) is 0.